The van der Waals surface area contributed by atoms with Crippen LogP contribution in [0.2, 0.25) is 0 Å². The Morgan fingerprint density at radius 2 is 1.75 bits per heavy atom. The number of nitrogens with zero attached hydrogens (tertiary/aromatic N) is 3. The molecule has 0 aliphatic carbocycles. The zero-order valence-corrected chi connectivity index (χ0v) is 25.4. The molecule has 0 fully saturated rings. The number of aryl methyl sites for hydroxylation is 1. The Kier molecular flexibility index (Phi) is 9.00. The number of thioether (sulfide) groups is 1. The molecule has 1 amide bonds. The molecule has 0 radical (unpaired) electrons. The van der Waals surface area contributed by atoms with Gasteiger partial charge >= 0.3 is 5.97 Å². The van der Waals surface area contributed by atoms with Crippen LogP contribution in [0.1, 0.15) is 61.1 Å². The van der Waals surface area contributed by atoms with Crippen LogP contribution in [-0.4, -0.2) is 39.5 Å². The molecule has 4 rings (SSSR count). The van der Waals surface area contributed by atoms with Crippen molar-refractivity contribution in [1.82, 2.24) is 14.8 Å². The lowest BCUT2D eigenvalue weighted by Crippen LogP contribution is -2.16. The van der Waals surface area contributed by atoms with Gasteiger partial charge in [0, 0.05) is 18.0 Å². The minimum Gasteiger partial charge on any atom is -0.483 e. The number of benzene rings is 2. The molecule has 1 atom stereocenters. The van der Waals surface area contributed by atoms with E-state index in [9.17, 15) is 9.59 Å². The first-order chi connectivity index (χ1) is 19.0. The maximum absolute atomic E-state index is 12.9. The van der Waals surface area contributed by atoms with Gasteiger partial charge in [0.2, 0.25) is 5.91 Å². The maximum Gasteiger partial charge on any atom is 0.341 e. The van der Waals surface area contributed by atoms with E-state index in [1.807, 2.05) is 67.2 Å². The molecular formula is C30H34N4O4S2. The average Bonchev–Trinajstić information content (AvgIpc) is 3.50. The van der Waals surface area contributed by atoms with Crippen LogP contribution < -0.4 is 10.1 Å². The van der Waals surface area contributed by atoms with Gasteiger partial charge in [-0.25, -0.2) is 4.79 Å². The van der Waals surface area contributed by atoms with Gasteiger partial charge in [0.15, 0.2) is 17.1 Å². The Balaban J connectivity index is 1.40. The molecule has 4 aromatic rings. The standard InChI is InChI=1S/C30H34N4O4S2/c1-18-8-10-20(11-9-18)23-16-39-27(25(23)28(36)37-7)31-24(35)17-40-29-33-32-26(34(29)6)19(2)38-22-14-12-21(13-15-22)30(3,4)5/h8-16,19H,17H2,1-7H3,(H,31,35). The average molecular weight is 579 g/mol. The van der Waals surface area contributed by atoms with Crippen LogP contribution in [0.4, 0.5) is 5.00 Å². The van der Waals surface area contributed by atoms with Gasteiger partial charge in [-0.05, 0) is 42.5 Å². The Labute approximate surface area is 243 Å². The van der Waals surface area contributed by atoms with Gasteiger partial charge in [-0.3, -0.25) is 4.79 Å². The summed E-state index contributed by atoms with van der Waals surface area (Å²) in [6.45, 7) is 10.4. The number of hydrogen-bond acceptors (Lipinski definition) is 8. The third-order valence-electron chi connectivity index (χ3n) is 6.39. The number of hydrogen-bond donors (Lipinski definition) is 1. The summed E-state index contributed by atoms with van der Waals surface area (Å²) in [5.74, 6) is 0.727. The Morgan fingerprint density at radius 1 is 1.07 bits per heavy atom. The van der Waals surface area contributed by atoms with Gasteiger partial charge in [0.1, 0.15) is 16.3 Å². The van der Waals surface area contributed by atoms with E-state index < -0.39 is 5.97 Å². The molecule has 0 aliphatic heterocycles. The van der Waals surface area contributed by atoms with Crippen LogP contribution >= 0.6 is 23.1 Å². The van der Waals surface area contributed by atoms with Crippen molar-refractivity contribution in [3.8, 4) is 16.9 Å². The number of methoxy groups -OCH3 is 1. The minimum absolute atomic E-state index is 0.0694. The van der Waals surface area contributed by atoms with Gasteiger partial charge < -0.3 is 19.4 Å². The van der Waals surface area contributed by atoms with Gasteiger partial charge in [0.25, 0.3) is 0 Å². The summed E-state index contributed by atoms with van der Waals surface area (Å²) in [5, 5.41) is 14.3. The number of carbonyl (C=O) groups excluding carboxylic acids is 2. The first-order valence-corrected chi connectivity index (χ1v) is 14.7. The molecule has 10 heteroatoms. The number of anilines is 1. The number of rotatable bonds is 9. The fraction of sp³-hybridized carbons (Fsp3) is 0.333. The zero-order chi connectivity index (χ0) is 29.0. The molecule has 0 bridgehead atoms. The van der Waals surface area contributed by atoms with Crippen molar-refractivity contribution < 1.29 is 19.1 Å². The van der Waals surface area contributed by atoms with Crippen LogP contribution in [0.5, 0.6) is 5.75 Å². The van der Waals surface area contributed by atoms with Crippen LogP contribution in [0.3, 0.4) is 0 Å². The van der Waals surface area contributed by atoms with Crippen molar-refractivity contribution in [2.24, 2.45) is 7.05 Å². The molecule has 0 saturated heterocycles. The first-order valence-electron chi connectivity index (χ1n) is 12.8. The second-order valence-corrected chi connectivity index (χ2v) is 12.3. The molecule has 2 heterocycles. The lowest BCUT2D eigenvalue weighted by molar-refractivity contribution is -0.113. The van der Waals surface area contributed by atoms with Crippen molar-refractivity contribution in [3.05, 3.63) is 76.4 Å². The summed E-state index contributed by atoms with van der Waals surface area (Å²) in [7, 11) is 3.18. The van der Waals surface area contributed by atoms with Crippen molar-refractivity contribution in [2.75, 3.05) is 18.2 Å². The number of aromatic nitrogens is 3. The maximum atomic E-state index is 12.9. The molecule has 1 unspecified atom stereocenters. The second kappa shape index (κ2) is 12.3. The zero-order valence-electron chi connectivity index (χ0n) is 23.8. The van der Waals surface area contributed by atoms with E-state index in [4.69, 9.17) is 9.47 Å². The highest BCUT2D eigenvalue weighted by Crippen LogP contribution is 2.36. The highest BCUT2D eigenvalue weighted by Gasteiger charge is 2.23. The van der Waals surface area contributed by atoms with E-state index >= 15 is 0 Å². The third-order valence-corrected chi connectivity index (χ3v) is 8.31. The summed E-state index contributed by atoms with van der Waals surface area (Å²) >= 11 is 2.55. The summed E-state index contributed by atoms with van der Waals surface area (Å²) in [6, 6.07) is 15.9. The lowest BCUT2D eigenvalue weighted by atomic mass is 9.87. The van der Waals surface area contributed by atoms with Crippen molar-refractivity contribution in [3.63, 3.8) is 0 Å². The molecule has 40 heavy (non-hydrogen) atoms. The highest BCUT2D eigenvalue weighted by atomic mass is 32.2. The summed E-state index contributed by atoms with van der Waals surface area (Å²) in [6.07, 6.45) is -0.338. The van der Waals surface area contributed by atoms with Crippen LogP contribution in [0, 0.1) is 6.92 Å². The quantitative estimate of drug-likeness (QED) is 0.172. The van der Waals surface area contributed by atoms with Gasteiger partial charge in [-0.15, -0.1) is 21.5 Å². The number of nitrogens with one attached hydrogen (secondary N) is 1. The van der Waals surface area contributed by atoms with Crippen LogP contribution in [0.25, 0.3) is 11.1 Å². The van der Waals surface area contributed by atoms with Crippen LogP contribution in [-0.2, 0) is 22.0 Å². The fourth-order valence-electron chi connectivity index (χ4n) is 4.09. The summed E-state index contributed by atoms with van der Waals surface area (Å²) in [5.41, 5.74) is 4.37. The van der Waals surface area contributed by atoms with E-state index in [0.717, 1.165) is 22.4 Å². The van der Waals surface area contributed by atoms with E-state index in [0.29, 0.717) is 21.5 Å². The topological polar surface area (TPSA) is 95.3 Å². The van der Waals surface area contributed by atoms with Crippen molar-refractivity contribution >= 4 is 40.0 Å². The van der Waals surface area contributed by atoms with Gasteiger partial charge in [0.05, 0.1) is 12.9 Å². The third kappa shape index (κ3) is 6.74. The highest BCUT2D eigenvalue weighted by molar-refractivity contribution is 7.99. The number of amides is 1. The van der Waals surface area contributed by atoms with E-state index in [1.54, 1.807) is 0 Å². The molecule has 0 saturated carbocycles. The van der Waals surface area contributed by atoms with E-state index in [-0.39, 0.29) is 23.2 Å². The molecule has 8 nitrogen and oxygen atoms in total. The number of thiophene rings is 1. The number of ether oxygens (including phenoxy) is 2. The lowest BCUT2D eigenvalue weighted by Gasteiger charge is -2.20. The molecule has 0 spiro atoms. The smallest absolute Gasteiger partial charge is 0.341 e. The van der Waals surface area contributed by atoms with Gasteiger partial charge in [-0.1, -0.05) is 74.5 Å². The van der Waals surface area contributed by atoms with Crippen LogP contribution in [0.15, 0.2) is 59.1 Å². The monoisotopic (exact) mass is 578 g/mol. The normalized spacial score (nSPS) is 12.2. The Bertz CT molecular complexity index is 1490. The van der Waals surface area contributed by atoms with Crippen molar-refractivity contribution in [1.29, 1.82) is 0 Å². The molecule has 0 aliphatic rings. The summed E-state index contributed by atoms with van der Waals surface area (Å²) in [4.78, 5) is 25.5. The fourth-order valence-corrected chi connectivity index (χ4v) is 5.78. The molecule has 210 valence electrons. The largest absolute Gasteiger partial charge is 0.483 e. The molecule has 2 aromatic heterocycles. The molecular weight excluding hydrogens is 544 g/mol. The van der Waals surface area contributed by atoms with Crippen molar-refractivity contribution in [2.45, 2.75) is 51.3 Å². The number of esters is 1. The Morgan fingerprint density at radius 3 is 2.38 bits per heavy atom. The SMILES string of the molecule is COC(=O)c1c(-c2ccc(C)cc2)csc1NC(=O)CSc1nnc(C(C)Oc2ccc(C(C)(C)C)cc2)n1C. The number of carbonyl (C=O) groups is 2. The summed E-state index contributed by atoms with van der Waals surface area (Å²) < 4.78 is 12.9. The minimum atomic E-state index is -0.500. The predicted molar refractivity (Wildman–Crippen MR) is 160 cm³/mol. The molecule has 1 N–H and O–H groups in total. The first kappa shape index (κ1) is 29.4. The van der Waals surface area contributed by atoms with E-state index in [2.05, 4.69) is 48.4 Å². The predicted octanol–water partition coefficient (Wildman–Crippen LogP) is 6.81. The Hall–Kier alpha value is -3.63. The molecule has 2 aromatic carbocycles. The van der Waals surface area contributed by atoms with E-state index in [1.165, 1.54) is 35.8 Å². The second-order valence-electron chi connectivity index (χ2n) is 10.5. The van der Waals surface area contributed by atoms with Gasteiger partial charge in [-0.2, -0.15) is 0 Å².